The summed E-state index contributed by atoms with van der Waals surface area (Å²) in [6.45, 7) is 3.91. The molecule has 1 aromatic carbocycles. The summed E-state index contributed by atoms with van der Waals surface area (Å²) in [5, 5.41) is 0. The molecule has 1 amide bonds. The molecule has 148 valence electrons. The quantitative estimate of drug-likeness (QED) is 0.790. The Kier molecular flexibility index (Phi) is 5.86. The Labute approximate surface area is 162 Å². The van der Waals surface area contributed by atoms with Gasteiger partial charge in [0, 0.05) is 38.3 Å². The van der Waals surface area contributed by atoms with Crippen LogP contribution in [0.4, 0.5) is 0 Å². The number of methoxy groups -OCH3 is 1. The first-order chi connectivity index (χ1) is 13.2. The highest BCUT2D eigenvalue weighted by molar-refractivity contribution is 5.97. The number of ether oxygens (including phenoxy) is 2. The van der Waals surface area contributed by atoms with E-state index in [-0.39, 0.29) is 12.0 Å². The van der Waals surface area contributed by atoms with E-state index in [0.29, 0.717) is 11.3 Å². The van der Waals surface area contributed by atoms with Crippen LogP contribution in [-0.2, 0) is 0 Å². The van der Waals surface area contributed by atoms with E-state index in [4.69, 9.17) is 9.47 Å². The molecule has 5 nitrogen and oxygen atoms in total. The average Bonchev–Trinajstić information content (AvgIpc) is 3.42. The fraction of sp³-hybridized carbons (Fsp3) is 0.682. The molecular formula is C22H32N2O3. The van der Waals surface area contributed by atoms with Crippen molar-refractivity contribution in [3.05, 3.63) is 23.8 Å². The highest BCUT2D eigenvalue weighted by Crippen LogP contribution is 2.31. The minimum atomic E-state index is 0.0912. The summed E-state index contributed by atoms with van der Waals surface area (Å²) >= 11 is 0. The highest BCUT2D eigenvalue weighted by atomic mass is 16.5. The SMILES string of the molecule is COc1ccc(C(=O)N2CCCC2)c(OC2CCN(C3CCCC3)CC2)c1. The third kappa shape index (κ3) is 4.23. The lowest BCUT2D eigenvalue weighted by atomic mass is 10.0. The van der Waals surface area contributed by atoms with Gasteiger partial charge in [-0.25, -0.2) is 0 Å². The van der Waals surface area contributed by atoms with Crippen LogP contribution in [0.5, 0.6) is 11.5 Å². The molecule has 0 bridgehead atoms. The van der Waals surface area contributed by atoms with E-state index < -0.39 is 0 Å². The van der Waals surface area contributed by atoms with Gasteiger partial charge < -0.3 is 19.3 Å². The van der Waals surface area contributed by atoms with Crippen molar-refractivity contribution >= 4 is 5.91 Å². The minimum absolute atomic E-state index is 0.0912. The van der Waals surface area contributed by atoms with Gasteiger partial charge in [-0.15, -0.1) is 0 Å². The number of hydrogen-bond donors (Lipinski definition) is 0. The van der Waals surface area contributed by atoms with Crippen LogP contribution in [0.3, 0.4) is 0 Å². The summed E-state index contributed by atoms with van der Waals surface area (Å²) in [6.07, 6.45) is 9.91. The number of nitrogens with zero attached hydrogens (tertiary/aromatic N) is 2. The molecule has 3 aliphatic rings. The first kappa shape index (κ1) is 18.6. The Hall–Kier alpha value is -1.75. The van der Waals surface area contributed by atoms with Crippen LogP contribution >= 0.6 is 0 Å². The van der Waals surface area contributed by atoms with Crippen LogP contribution in [0.1, 0.15) is 61.7 Å². The fourth-order valence-corrected chi connectivity index (χ4v) is 4.80. The molecule has 0 spiro atoms. The number of hydrogen-bond acceptors (Lipinski definition) is 4. The monoisotopic (exact) mass is 372 g/mol. The molecule has 0 unspecified atom stereocenters. The molecule has 0 aromatic heterocycles. The van der Waals surface area contributed by atoms with Crippen LogP contribution in [0.25, 0.3) is 0 Å². The zero-order chi connectivity index (χ0) is 18.6. The zero-order valence-electron chi connectivity index (χ0n) is 16.5. The lowest BCUT2D eigenvalue weighted by Gasteiger charge is -2.36. The molecule has 0 N–H and O–H groups in total. The molecule has 0 atom stereocenters. The third-order valence-electron chi connectivity index (χ3n) is 6.42. The van der Waals surface area contributed by atoms with Crippen molar-refractivity contribution in [3.8, 4) is 11.5 Å². The largest absolute Gasteiger partial charge is 0.497 e. The molecule has 4 rings (SSSR count). The van der Waals surface area contributed by atoms with Gasteiger partial charge in [0.1, 0.15) is 17.6 Å². The van der Waals surface area contributed by atoms with E-state index in [1.165, 1.54) is 25.7 Å². The lowest BCUT2D eigenvalue weighted by Crippen LogP contribution is -2.43. The Morgan fingerprint density at radius 2 is 1.67 bits per heavy atom. The molecule has 0 radical (unpaired) electrons. The van der Waals surface area contributed by atoms with Gasteiger partial charge in [-0.2, -0.15) is 0 Å². The zero-order valence-corrected chi connectivity index (χ0v) is 16.5. The van der Waals surface area contributed by atoms with Crippen LogP contribution in [0, 0.1) is 0 Å². The number of piperidine rings is 1. The molecule has 5 heteroatoms. The maximum Gasteiger partial charge on any atom is 0.257 e. The van der Waals surface area contributed by atoms with Gasteiger partial charge in [0.25, 0.3) is 5.91 Å². The predicted molar refractivity (Wildman–Crippen MR) is 106 cm³/mol. The highest BCUT2D eigenvalue weighted by Gasteiger charge is 2.29. The van der Waals surface area contributed by atoms with Crippen LogP contribution in [0.2, 0.25) is 0 Å². The molecular weight excluding hydrogens is 340 g/mol. The van der Waals surface area contributed by atoms with Gasteiger partial charge in [-0.3, -0.25) is 4.79 Å². The summed E-state index contributed by atoms with van der Waals surface area (Å²) in [6, 6.07) is 6.39. The van der Waals surface area contributed by atoms with Crippen LogP contribution in [-0.4, -0.2) is 61.1 Å². The van der Waals surface area contributed by atoms with Crippen molar-refractivity contribution in [3.63, 3.8) is 0 Å². The van der Waals surface area contributed by atoms with Crippen LogP contribution in [0.15, 0.2) is 18.2 Å². The van der Waals surface area contributed by atoms with E-state index in [1.807, 2.05) is 23.1 Å². The molecule has 1 saturated carbocycles. The van der Waals surface area contributed by atoms with E-state index in [9.17, 15) is 4.79 Å². The van der Waals surface area contributed by atoms with Crippen molar-refractivity contribution in [2.24, 2.45) is 0 Å². The predicted octanol–water partition coefficient (Wildman–Crippen LogP) is 3.72. The number of benzene rings is 1. The van der Waals surface area contributed by atoms with E-state index in [1.54, 1.807) is 7.11 Å². The summed E-state index contributed by atoms with van der Waals surface area (Å²) in [4.78, 5) is 17.5. The second-order valence-corrected chi connectivity index (χ2v) is 8.15. The summed E-state index contributed by atoms with van der Waals surface area (Å²) < 4.78 is 11.7. The summed E-state index contributed by atoms with van der Waals surface area (Å²) in [5.74, 6) is 1.52. The normalized spacial score (nSPS) is 22.3. The molecule has 2 saturated heterocycles. The molecule has 2 heterocycles. The van der Waals surface area contributed by atoms with E-state index in [0.717, 1.165) is 63.7 Å². The molecule has 1 aliphatic carbocycles. The van der Waals surface area contributed by atoms with Gasteiger partial charge in [0.05, 0.1) is 12.7 Å². The average molecular weight is 373 g/mol. The smallest absolute Gasteiger partial charge is 0.257 e. The number of rotatable bonds is 5. The van der Waals surface area contributed by atoms with Crippen molar-refractivity contribution in [1.29, 1.82) is 0 Å². The fourth-order valence-electron chi connectivity index (χ4n) is 4.80. The Morgan fingerprint density at radius 3 is 2.33 bits per heavy atom. The van der Waals surface area contributed by atoms with Gasteiger partial charge in [-0.05, 0) is 50.7 Å². The summed E-state index contributed by atoms with van der Waals surface area (Å²) in [7, 11) is 1.65. The standard InChI is InChI=1S/C22H32N2O3/c1-26-19-8-9-20(22(25)24-12-4-5-13-24)21(16-19)27-18-10-14-23(15-11-18)17-6-2-3-7-17/h8-9,16-18H,2-7,10-15H2,1H3. The van der Waals surface area contributed by atoms with Gasteiger partial charge in [0.15, 0.2) is 0 Å². The van der Waals surface area contributed by atoms with Crippen molar-refractivity contribution < 1.29 is 14.3 Å². The number of likely N-dealkylation sites (tertiary alicyclic amines) is 2. The maximum atomic E-state index is 12.9. The summed E-state index contributed by atoms with van der Waals surface area (Å²) in [5.41, 5.74) is 0.677. The van der Waals surface area contributed by atoms with Crippen molar-refractivity contribution in [1.82, 2.24) is 9.80 Å². The second-order valence-electron chi connectivity index (χ2n) is 8.15. The van der Waals surface area contributed by atoms with Gasteiger partial charge in [0.2, 0.25) is 0 Å². The number of carbonyl (C=O) groups excluding carboxylic acids is 1. The third-order valence-corrected chi connectivity index (χ3v) is 6.42. The lowest BCUT2D eigenvalue weighted by molar-refractivity contribution is 0.0712. The maximum absolute atomic E-state index is 12.9. The first-order valence-electron chi connectivity index (χ1n) is 10.6. The van der Waals surface area contributed by atoms with Gasteiger partial charge in [-0.1, -0.05) is 12.8 Å². The van der Waals surface area contributed by atoms with Crippen molar-refractivity contribution in [2.75, 3.05) is 33.3 Å². The van der Waals surface area contributed by atoms with Crippen molar-refractivity contribution in [2.45, 2.75) is 63.5 Å². The van der Waals surface area contributed by atoms with Gasteiger partial charge >= 0.3 is 0 Å². The minimum Gasteiger partial charge on any atom is -0.497 e. The molecule has 1 aromatic rings. The number of carbonyl (C=O) groups is 1. The Morgan fingerprint density at radius 1 is 0.963 bits per heavy atom. The van der Waals surface area contributed by atoms with E-state index in [2.05, 4.69) is 4.90 Å². The van der Waals surface area contributed by atoms with Crippen LogP contribution < -0.4 is 9.47 Å². The molecule has 3 fully saturated rings. The topological polar surface area (TPSA) is 42.0 Å². The number of amides is 1. The Bertz CT molecular complexity index is 643. The molecule has 2 aliphatic heterocycles. The van der Waals surface area contributed by atoms with E-state index >= 15 is 0 Å². The second kappa shape index (κ2) is 8.51. The Balaban J connectivity index is 1.43. The molecule has 27 heavy (non-hydrogen) atoms. The first-order valence-corrected chi connectivity index (χ1v) is 10.6.